The Balaban J connectivity index is 1.36. The van der Waals surface area contributed by atoms with Crippen LogP contribution in [-0.2, 0) is 30.1 Å². The number of carbonyl (C=O) groups is 4. The number of nitrogens with zero attached hydrogens (tertiary/aromatic N) is 4. The van der Waals surface area contributed by atoms with Gasteiger partial charge in [0.15, 0.2) is 0 Å². The van der Waals surface area contributed by atoms with Gasteiger partial charge in [-0.25, -0.2) is 4.98 Å². The minimum absolute atomic E-state index is 0.0376. The molecule has 2 aliphatic heterocycles. The van der Waals surface area contributed by atoms with Crippen molar-refractivity contribution >= 4 is 36.6 Å². The highest BCUT2D eigenvalue weighted by Crippen LogP contribution is 2.26. The molecule has 3 aromatic rings. The van der Waals surface area contributed by atoms with Crippen molar-refractivity contribution in [2.75, 3.05) is 25.0 Å². The van der Waals surface area contributed by atoms with Crippen molar-refractivity contribution < 1.29 is 28.5 Å². The Labute approximate surface area is 262 Å². The van der Waals surface area contributed by atoms with Gasteiger partial charge in [0, 0.05) is 37.6 Å². The van der Waals surface area contributed by atoms with Crippen LogP contribution in [0.1, 0.15) is 36.3 Å². The van der Waals surface area contributed by atoms with Crippen molar-refractivity contribution in [2.24, 2.45) is 5.92 Å². The molecule has 5 rings (SSSR count). The van der Waals surface area contributed by atoms with Crippen LogP contribution in [0, 0.1) is 5.92 Å². The molecule has 13 heteroatoms. The predicted octanol–water partition coefficient (Wildman–Crippen LogP) is 1.67. The molecule has 1 unspecified atom stereocenters. The van der Waals surface area contributed by atoms with Crippen LogP contribution in [0.15, 0.2) is 79.3 Å². The predicted molar refractivity (Wildman–Crippen MR) is 167 cm³/mol. The second-order valence-corrected chi connectivity index (χ2v) is 11.7. The molecular formula is C32H37BN6O6. The Bertz CT molecular complexity index is 1450. The first-order valence-electron chi connectivity index (χ1n) is 15.0. The molecule has 2 amide bonds. The largest absolute Gasteiger partial charge is 0.622 e. The molecule has 0 aliphatic carbocycles. The highest BCUT2D eigenvalue weighted by molar-refractivity contribution is 6.51. The van der Waals surface area contributed by atoms with Crippen molar-refractivity contribution in [3.05, 3.63) is 90.5 Å². The zero-order valence-corrected chi connectivity index (χ0v) is 25.5. The number of anilines is 1. The van der Waals surface area contributed by atoms with Gasteiger partial charge in [0.1, 0.15) is 23.8 Å². The standard InChI is InChI=1S/C32H37BN6O6/c1-21(2)16-28(37-29(40)24(17-22-10-6-4-7-11-22)36-30(41)25-18-34-14-15-35-25)33-44-31(42)26-19-39(23-12-8-5-9-13-23)20-27(38(26)3)32(43)45-33/h4-15,18,21,24,26-28H,16-17,19-20H2,1-3H3,(H,36,41)(H,37,40)/t24?,26-,27-,28-/m0/s1. The number of nitrogens with one attached hydrogen (secondary N) is 2. The molecule has 3 heterocycles. The highest BCUT2D eigenvalue weighted by Gasteiger charge is 2.50. The quantitative estimate of drug-likeness (QED) is 0.325. The minimum atomic E-state index is -1.36. The summed E-state index contributed by atoms with van der Waals surface area (Å²) in [5.41, 5.74) is 1.77. The first-order chi connectivity index (χ1) is 21.7. The van der Waals surface area contributed by atoms with E-state index in [0.717, 1.165) is 11.3 Å². The van der Waals surface area contributed by atoms with Crippen LogP contribution in [-0.4, -0.2) is 89.9 Å². The van der Waals surface area contributed by atoms with E-state index in [1.807, 2.05) is 79.4 Å². The molecule has 2 saturated heterocycles. The third-order valence-corrected chi connectivity index (χ3v) is 7.98. The molecule has 12 nitrogen and oxygen atoms in total. The number of hydrogen-bond donors (Lipinski definition) is 2. The van der Waals surface area contributed by atoms with Crippen molar-refractivity contribution in [3.8, 4) is 0 Å². The summed E-state index contributed by atoms with van der Waals surface area (Å²) in [6.07, 6.45) is 4.68. The van der Waals surface area contributed by atoms with Gasteiger partial charge >= 0.3 is 19.1 Å². The fourth-order valence-electron chi connectivity index (χ4n) is 5.61. The first-order valence-corrected chi connectivity index (χ1v) is 15.0. The van der Waals surface area contributed by atoms with E-state index in [0.29, 0.717) is 19.5 Å². The van der Waals surface area contributed by atoms with Gasteiger partial charge < -0.3 is 24.8 Å². The maximum absolute atomic E-state index is 13.9. The average Bonchev–Trinajstić information content (AvgIpc) is 3.04. The molecule has 0 saturated carbocycles. The number of amides is 2. The molecule has 2 aromatic carbocycles. The van der Waals surface area contributed by atoms with Crippen LogP contribution in [0.2, 0.25) is 0 Å². The van der Waals surface area contributed by atoms with Gasteiger partial charge in [-0.1, -0.05) is 62.4 Å². The second kappa shape index (κ2) is 14.3. The van der Waals surface area contributed by atoms with Crippen LogP contribution < -0.4 is 15.5 Å². The summed E-state index contributed by atoms with van der Waals surface area (Å²) in [7, 11) is 0.355. The third kappa shape index (κ3) is 7.85. The number of fused-ring (bicyclic) bond motifs is 2. The molecule has 2 bridgehead atoms. The Morgan fingerprint density at radius 3 is 2.13 bits per heavy atom. The summed E-state index contributed by atoms with van der Waals surface area (Å²) < 4.78 is 11.7. The summed E-state index contributed by atoms with van der Waals surface area (Å²) in [6, 6.07) is 16.3. The first kappa shape index (κ1) is 31.6. The number of rotatable bonds is 10. The summed E-state index contributed by atoms with van der Waals surface area (Å²) in [4.78, 5) is 65.6. The van der Waals surface area contributed by atoms with E-state index in [1.165, 1.54) is 18.6 Å². The van der Waals surface area contributed by atoms with E-state index in [9.17, 15) is 19.2 Å². The normalized spacial score (nSPS) is 19.9. The smallest absolute Gasteiger partial charge is 0.497 e. The topological polar surface area (TPSA) is 143 Å². The van der Waals surface area contributed by atoms with Crippen LogP contribution in [0.5, 0.6) is 0 Å². The van der Waals surface area contributed by atoms with Gasteiger partial charge in [0.25, 0.3) is 5.91 Å². The van der Waals surface area contributed by atoms with Crippen molar-refractivity contribution in [1.82, 2.24) is 25.5 Å². The maximum atomic E-state index is 13.9. The molecule has 234 valence electrons. The third-order valence-electron chi connectivity index (χ3n) is 7.98. The van der Waals surface area contributed by atoms with Crippen molar-refractivity contribution in [3.63, 3.8) is 0 Å². The Kier molecular flexibility index (Phi) is 10.1. The molecule has 4 atom stereocenters. The molecule has 0 radical (unpaired) electrons. The number of hydrogen-bond acceptors (Lipinski definition) is 10. The summed E-state index contributed by atoms with van der Waals surface area (Å²) >= 11 is 0. The summed E-state index contributed by atoms with van der Waals surface area (Å²) in [5, 5.41) is 5.69. The number of aromatic nitrogens is 2. The zero-order valence-electron chi connectivity index (χ0n) is 25.5. The lowest BCUT2D eigenvalue weighted by atomic mass is 9.73. The maximum Gasteiger partial charge on any atom is 0.622 e. The lowest BCUT2D eigenvalue weighted by Gasteiger charge is -2.45. The van der Waals surface area contributed by atoms with Gasteiger partial charge in [-0.2, -0.15) is 0 Å². The molecule has 2 fully saturated rings. The van der Waals surface area contributed by atoms with E-state index in [1.54, 1.807) is 11.9 Å². The molecule has 1 aromatic heterocycles. The monoisotopic (exact) mass is 612 g/mol. The molecule has 0 spiro atoms. The highest BCUT2D eigenvalue weighted by atomic mass is 16.6. The van der Waals surface area contributed by atoms with Gasteiger partial charge in [-0.05, 0) is 37.1 Å². The lowest BCUT2D eigenvalue weighted by molar-refractivity contribution is -0.155. The van der Waals surface area contributed by atoms with E-state index in [-0.39, 0.29) is 18.0 Å². The van der Waals surface area contributed by atoms with Gasteiger partial charge in [-0.15, -0.1) is 0 Å². The summed E-state index contributed by atoms with van der Waals surface area (Å²) in [6.45, 7) is 4.54. The number of carbonyl (C=O) groups excluding carboxylic acids is 4. The van der Waals surface area contributed by atoms with Crippen LogP contribution in [0.3, 0.4) is 0 Å². The van der Waals surface area contributed by atoms with Crippen molar-refractivity contribution in [1.29, 1.82) is 0 Å². The van der Waals surface area contributed by atoms with E-state index in [2.05, 4.69) is 20.6 Å². The SMILES string of the molecule is CC(C)C[C@H](NC(=O)C(Cc1ccccc1)NC(=O)c1cnccn1)B1OC(=O)[C@@H]2CN(c3ccccc3)C[C@@H](C(=O)O1)N2C. The van der Waals surface area contributed by atoms with Crippen LogP contribution >= 0.6 is 0 Å². The van der Waals surface area contributed by atoms with Gasteiger partial charge in [0.2, 0.25) is 5.91 Å². The molecule has 2 N–H and O–H groups in total. The van der Waals surface area contributed by atoms with Crippen molar-refractivity contribution in [2.45, 2.75) is 50.8 Å². The summed E-state index contributed by atoms with van der Waals surface area (Å²) in [5.74, 6) is -3.03. The Morgan fingerprint density at radius 2 is 1.56 bits per heavy atom. The van der Waals surface area contributed by atoms with Crippen LogP contribution in [0.4, 0.5) is 5.69 Å². The lowest BCUT2D eigenvalue weighted by Crippen LogP contribution is -2.67. The fourth-order valence-corrected chi connectivity index (χ4v) is 5.61. The molecule has 2 aliphatic rings. The van der Waals surface area contributed by atoms with E-state index in [4.69, 9.17) is 9.31 Å². The minimum Gasteiger partial charge on any atom is -0.497 e. The zero-order chi connectivity index (χ0) is 31.9. The van der Waals surface area contributed by atoms with E-state index >= 15 is 0 Å². The Morgan fingerprint density at radius 1 is 0.933 bits per heavy atom. The average molecular weight is 612 g/mol. The fraction of sp³-hybridized carbons (Fsp3) is 0.375. The van der Waals surface area contributed by atoms with Crippen LogP contribution in [0.25, 0.3) is 0 Å². The molecule has 45 heavy (non-hydrogen) atoms. The number of benzene rings is 2. The Hall–Kier alpha value is -4.78. The second-order valence-electron chi connectivity index (χ2n) is 11.7. The number of para-hydroxylation sites is 1. The van der Waals surface area contributed by atoms with Gasteiger partial charge in [0.05, 0.1) is 12.1 Å². The van der Waals surface area contributed by atoms with E-state index < -0.39 is 54.9 Å². The number of piperazine rings is 1. The molecular weight excluding hydrogens is 575 g/mol. The van der Waals surface area contributed by atoms with Gasteiger partial charge in [-0.3, -0.25) is 29.1 Å². The number of likely N-dealkylation sites (N-methyl/N-ethyl adjacent to an activating group) is 1.